The number of hydrogen-bond donors (Lipinski definition) is 0. The van der Waals surface area contributed by atoms with Gasteiger partial charge < -0.3 is 14.5 Å². The van der Waals surface area contributed by atoms with Gasteiger partial charge >= 0.3 is 0 Å². The Kier molecular flexibility index (Phi) is 6.63. The zero-order valence-corrected chi connectivity index (χ0v) is 20.9. The summed E-state index contributed by atoms with van der Waals surface area (Å²) in [6, 6.07) is 19.1. The predicted molar refractivity (Wildman–Crippen MR) is 143 cm³/mol. The molecule has 0 saturated carbocycles. The lowest BCUT2D eigenvalue weighted by Gasteiger charge is -2.43. The average Bonchev–Trinajstić information content (AvgIpc) is 2.96. The third-order valence-electron chi connectivity index (χ3n) is 8.42. The molecule has 0 aromatic heterocycles. The summed E-state index contributed by atoms with van der Waals surface area (Å²) in [5, 5.41) is 4.29. The van der Waals surface area contributed by atoms with Gasteiger partial charge in [-0.1, -0.05) is 48.5 Å². The normalized spacial score (nSPS) is 22.3. The third-order valence-corrected chi connectivity index (χ3v) is 8.42. The fraction of sp³-hybridized carbons (Fsp3) is 0.467. The summed E-state index contributed by atoms with van der Waals surface area (Å²) in [5.74, 6) is 0.576. The molecule has 6 nitrogen and oxygen atoms in total. The lowest BCUT2D eigenvalue weighted by molar-refractivity contribution is -0.151. The lowest BCUT2D eigenvalue weighted by Crippen LogP contribution is -2.53. The number of benzene rings is 3. The quantitative estimate of drug-likeness (QED) is 0.419. The van der Waals surface area contributed by atoms with Crippen LogP contribution >= 0.6 is 0 Å². The first-order valence-corrected chi connectivity index (χ1v) is 13.5. The molecule has 3 aliphatic heterocycles. The Morgan fingerprint density at radius 3 is 2.06 bits per heavy atom. The van der Waals surface area contributed by atoms with Crippen LogP contribution in [0.4, 0.5) is 0 Å². The first-order valence-electron chi connectivity index (χ1n) is 13.5. The van der Waals surface area contributed by atoms with Crippen LogP contribution in [0.25, 0.3) is 21.5 Å². The molecule has 1 unspecified atom stereocenters. The van der Waals surface area contributed by atoms with Crippen molar-refractivity contribution in [3.05, 3.63) is 60.2 Å². The summed E-state index contributed by atoms with van der Waals surface area (Å²) in [4.78, 5) is 33.6. The van der Waals surface area contributed by atoms with Crippen LogP contribution in [0.15, 0.2) is 54.6 Å². The standard InChI is InChI=1S/C30H35N3O3/c34-29(32-16-18-36-19-17-32)24-8-5-13-33(21-24)25-11-14-31(15-12-25)30(35)28-26-9-3-1-6-22(26)20-23-7-2-4-10-27(23)28/h1-4,6-7,9-10,20,24-25H,5,8,11-19,21H2/p+1. The molecule has 3 fully saturated rings. The van der Waals surface area contributed by atoms with Gasteiger partial charge in [0.05, 0.1) is 24.6 Å². The van der Waals surface area contributed by atoms with E-state index in [1.807, 2.05) is 29.2 Å². The van der Waals surface area contributed by atoms with Gasteiger partial charge in [-0.2, -0.15) is 0 Å². The van der Waals surface area contributed by atoms with Crippen LogP contribution in [0.1, 0.15) is 36.0 Å². The number of carbonyl (C=O) groups excluding carboxylic acids is 2. The zero-order chi connectivity index (χ0) is 24.5. The van der Waals surface area contributed by atoms with Crippen molar-refractivity contribution in [2.24, 2.45) is 5.92 Å². The highest BCUT2D eigenvalue weighted by Gasteiger charge is 2.35. The van der Waals surface area contributed by atoms with Crippen LogP contribution in [-0.2, 0) is 4.79 Å². The Morgan fingerprint density at radius 1 is 0.750 bits per heavy atom. The second-order valence-corrected chi connectivity index (χ2v) is 10.5. The molecule has 6 rings (SSSR count). The van der Waals surface area contributed by atoms with E-state index in [2.05, 4.69) is 44.9 Å². The molecule has 1 atom stereocenters. The molecule has 2 amide bonds. The third kappa shape index (κ3) is 4.48. The maximum Gasteiger partial charge on any atom is 0.255 e. The van der Waals surface area contributed by atoms with Crippen molar-refractivity contribution in [1.82, 2.24) is 14.7 Å². The van der Waals surface area contributed by atoms with Gasteiger partial charge in [-0.15, -0.1) is 0 Å². The highest BCUT2D eigenvalue weighted by Crippen LogP contribution is 2.31. The molecule has 1 N–H and O–H groups in total. The number of carbonyl (C=O) groups is 2. The number of aliphatic hydroxyl groups is 2. The molecule has 188 valence electrons. The molecule has 36 heavy (non-hydrogen) atoms. The summed E-state index contributed by atoms with van der Waals surface area (Å²) in [6.45, 7) is 6.57. The van der Waals surface area contributed by atoms with E-state index in [1.165, 1.54) is 0 Å². The minimum absolute atomic E-state index is 0.110. The highest BCUT2D eigenvalue weighted by molar-refractivity contribution is 6.18. The number of likely N-dealkylation sites (tertiary alicyclic amines) is 2. The number of rotatable bonds is 3. The Bertz CT molecular complexity index is 1210. The first kappa shape index (κ1) is 23.4. The fourth-order valence-electron chi connectivity index (χ4n) is 6.46. The van der Waals surface area contributed by atoms with Gasteiger partial charge in [-0.3, -0.25) is 14.5 Å². The number of hydrogen-bond acceptors (Lipinski definition) is 3. The molecular formula is C30H36N3O3+. The molecule has 3 saturated heterocycles. The molecule has 6 heteroatoms. The largest absolute Gasteiger partial charge is 0.431 e. The number of piperidine rings is 2. The van der Waals surface area contributed by atoms with Crippen LogP contribution in [0, 0.1) is 5.92 Å². The maximum absolute atomic E-state index is 13.9. The van der Waals surface area contributed by atoms with Crippen molar-refractivity contribution in [2.75, 3.05) is 52.5 Å². The molecule has 0 aliphatic carbocycles. The minimum Gasteiger partial charge on any atom is -0.431 e. The first-order chi connectivity index (χ1) is 17.7. The smallest absolute Gasteiger partial charge is 0.255 e. The van der Waals surface area contributed by atoms with Gasteiger partial charge in [-0.25, -0.2) is 0 Å². The van der Waals surface area contributed by atoms with Gasteiger partial charge in [0, 0.05) is 25.7 Å². The van der Waals surface area contributed by atoms with E-state index in [0.717, 1.165) is 105 Å². The van der Waals surface area contributed by atoms with Gasteiger partial charge in [-0.05, 0) is 59.8 Å². The van der Waals surface area contributed by atoms with E-state index in [9.17, 15) is 9.59 Å². The van der Waals surface area contributed by atoms with Crippen molar-refractivity contribution < 1.29 is 14.3 Å². The van der Waals surface area contributed by atoms with Gasteiger partial charge in [0.25, 0.3) is 5.91 Å². The Hall–Kier alpha value is -2.96. The van der Waals surface area contributed by atoms with E-state index >= 15 is 0 Å². The van der Waals surface area contributed by atoms with E-state index in [4.69, 9.17) is 0 Å². The van der Waals surface area contributed by atoms with Crippen LogP contribution in [0.3, 0.4) is 0 Å². The van der Waals surface area contributed by atoms with Crippen molar-refractivity contribution in [2.45, 2.75) is 31.7 Å². The summed E-state index contributed by atoms with van der Waals surface area (Å²) in [6.07, 6.45) is 4.01. The summed E-state index contributed by atoms with van der Waals surface area (Å²) in [5.41, 5.74) is 0.832. The molecule has 0 bridgehead atoms. The zero-order valence-electron chi connectivity index (χ0n) is 20.9. The van der Waals surface area contributed by atoms with E-state index < -0.39 is 0 Å². The van der Waals surface area contributed by atoms with Crippen molar-refractivity contribution in [1.29, 1.82) is 0 Å². The molecule has 0 spiro atoms. The lowest BCUT2D eigenvalue weighted by atomic mass is 9.92. The summed E-state index contributed by atoms with van der Waals surface area (Å²) in [7, 11) is 0. The maximum atomic E-state index is 13.9. The second-order valence-electron chi connectivity index (χ2n) is 10.5. The van der Waals surface area contributed by atoms with Gasteiger partial charge in [0.2, 0.25) is 5.91 Å². The molecule has 3 heterocycles. The topological polar surface area (TPSA) is 56.7 Å². The Labute approximate surface area is 212 Å². The number of amides is 2. The van der Waals surface area contributed by atoms with E-state index in [0.29, 0.717) is 11.9 Å². The van der Waals surface area contributed by atoms with Crippen molar-refractivity contribution in [3.8, 4) is 0 Å². The van der Waals surface area contributed by atoms with Crippen LogP contribution < -0.4 is 0 Å². The Balaban J connectivity index is 1.15. The minimum atomic E-state index is 0.110. The monoisotopic (exact) mass is 486 g/mol. The molecule has 0 radical (unpaired) electrons. The highest BCUT2D eigenvalue weighted by atomic mass is 16.5. The van der Waals surface area contributed by atoms with Crippen LogP contribution in [-0.4, -0.2) is 89.8 Å². The number of morpholine rings is 1. The molecule has 3 aromatic carbocycles. The van der Waals surface area contributed by atoms with Crippen LogP contribution in [0.2, 0.25) is 0 Å². The van der Waals surface area contributed by atoms with Gasteiger partial charge in [0.15, 0.2) is 13.2 Å². The van der Waals surface area contributed by atoms with E-state index in [-0.39, 0.29) is 11.8 Å². The fourth-order valence-corrected chi connectivity index (χ4v) is 6.46. The number of nitrogens with zero attached hydrogens (tertiary/aromatic N) is 3. The number of fused-ring (bicyclic) bond motifs is 2. The van der Waals surface area contributed by atoms with Gasteiger partial charge in [0.1, 0.15) is 0 Å². The average molecular weight is 487 g/mol. The number of ether oxygens (including phenoxy) is 1. The Morgan fingerprint density at radius 2 is 1.39 bits per heavy atom. The van der Waals surface area contributed by atoms with Crippen molar-refractivity contribution >= 4 is 33.4 Å². The van der Waals surface area contributed by atoms with Crippen LogP contribution in [0.5, 0.6) is 0 Å². The van der Waals surface area contributed by atoms with Crippen molar-refractivity contribution in [3.63, 3.8) is 0 Å². The molecular weight excluding hydrogens is 450 g/mol. The summed E-state index contributed by atoms with van der Waals surface area (Å²) < 4.78 is 4.38. The predicted octanol–water partition coefficient (Wildman–Crippen LogP) is 3.68. The SMILES string of the molecule is O=C(c1c2ccccc2cc2ccccc12)N1CCC(N2CCCC(C(=O)N3CC[OH+]CC3)C2)CC1. The summed E-state index contributed by atoms with van der Waals surface area (Å²) >= 11 is 0. The molecule has 3 aliphatic rings. The molecule has 3 aromatic rings. The second kappa shape index (κ2) is 10.2. The van der Waals surface area contributed by atoms with E-state index in [1.54, 1.807) is 0 Å².